The van der Waals surface area contributed by atoms with Gasteiger partial charge in [-0.25, -0.2) is 4.79 Å². The first-order valence-corrected chi connectivity index (χ1v) is 6.95. The monoisotopic (exact) mass is 293 g/mol. The molecule has 6 heteroatoms. The quantitative estimate of drug-likeness (QED) is 0.840. The van der Waals surface area contributed by atoms with E-state index >= 15 is 0 Å². The number of hydrogen-bond acceptors (Lipinski definition) is 3. The molecule has 0 aliphatic rings. The van der Waals surface area contributed by atoms with Gasteiger partial charge in [-0.1, -0.05) is 19.9 Å². The van der Waals surface area contributed by atoms with E-state index in [1.807, 2.05) is 39.0 Å². The third kappa shape index (κ3) is 5.81. The van der Waals surface area contributed by atoms with Crippen LogP contribution in [0.4, 0.5) is 4.79 Å². The third-order valence-corrected chi connectivity index (χ3v) is 3.20. The van der Waals surface area contributed by atoms with Crippen molar-refractivity contribution in [2.24, 2.45) is 5.92 Å². The Morgan fingerprint density at radius 2 is 2.05 bits per heavy atom. The minimum Gasteiger partial charge on any atom is -0.481 e. The van der Waals surface area contributed by atoms with Crippen LogP contribution in [0.5, 0.6) is 0 Å². The maximum atomic E-state index is 12.1. The highest BCUT2D eigenvalue weighted by Crippen LogP contribution is 2.08. The maximum absolute atomic E-state index is 12.1. The number of nitrogens with zero attached hydrogens (tertiary/aromatic N) is 2. The van der Waals surface area contributed by atoms with Crippen molar-refractivity contribution >= 4 is 12.0 Å². The molecule has 21 heavy (non-hydrogen) atoms. The smallest absolute Gasteiger partial charge is 0.317 e. The van der Waals surface area contributed by atoms with Crippen LogP contribution in [0.15, 0.2) is 18.2 Å². The first-order chi connectivity index (χ1) is 9.79. The maximum Gasteiger partial charge on any atom is 0.317 e. The minimum atomic E-state index is -0.919. The van der Waals surface area contributed by atoms with E-state index in [4.69, 9.17) is 5.11 Å². The molecule has 1 rings (SSSR count). The van der Waals surface area contributed by atoms with Gasteiger partial charge in [-0.2, -0.15) is 0 Å². The van der Waals surface area contributed by atoms with Crippen molar-refractivity contribution in [3.8, 4) is 0 Å². The molecule has 1 aromatic rings. The van der Waals surface area contributed by atoms with Gasteiger partial charge in [0.2, 0.25) is 0 Å². The summed E-state index contributed by atoms with van der Waals surface area (Å²) in [6.07, 6.45) is -0.0834. The number of aliphatic carboxylic acids is 1. The minimum absolute atomic E-state index is 0.0514. The molecule has 2 amide bonds. The van der Waals surface area contributed by atoms with Crippen molar-refractivity contribution in [3.63, 3.8) is 0 Å². The molecular weight excluding hydrogens is 270 g/mol. The molecule has 0 spiro atoms. The van der Waals surface area contributed by atoms with E-state index in [-0.39, 0.29) is 24.4 Å². The largest absolute Gasteiger partial charge is 0.481 e. The molecule has 0 saturated heterocycles. The first-order valence-electron chi connectivity index (χ1n) is 6.95. The SMILES string of the molecule is Cc1cccc(CN(C)C(=O)NC(CC(=O)O)C(C)C)n1. The molecule has 6 nitrogen and oxygen atoms in total. The Bertz CT molecular complexity index is 503. The Hall–Kier alpha value is -2.11. The Morgan fingerprint density at radius 3 is 2.57 bits per heavy atom. The number of urea groups is 1. The number of rotatable bonds is 6. The Morgan fingerprint density at radius 1 is 1.38 bits per heavy atom. The molecule has 1 atom stereocenters. The van der Waals surface area contributed by atoms with E-state index in [1.165, 1.54) is 4.90 Å². The van der Waals surface area contributed by atoms with E-state index in [9.17, 15) is 9.59 Å². The van der Waals surface area contributed by atoms with Gasteiger partial charge in [0.15, 0.2) is 0 Å². The number of carboxylic acids is 1. The summed E-state index contributed by atoms with van der Waals surface area (Å²) in [6.45, 7) is 6.04. The summed E-state index contributed by atoms with van der Waals surface area (Å²) in [5.74, 6) is -0.868. The standard InChI is InChI=1S/C15H23N3O3/c1-10(2)13(8-14(19)20)17-15(21)18(4)9-12-7-5-6-11(3)16-12/h5-7,10,13H,8-9H2,1-4H3,(H,17,21)(H,19,20). The van der Waals surface area contributed by atoms with Crippen LogP contribution in [0, 0.1) is 12.8 Å². The molecule has 0 bridgehead atoms. The van der Waals surface area contributed by atoms with Crippen molar-refractivity contribution in [1.29, 1.82) is 0 Å². The Labute approximate surface area is 125 Å². The number of hydrogen-bond donors (Lipinski definition) is 2. The number of carbonyl (C=O) groups is 2. The summed E-state index contributed by atoms with van der Waals surface area (Å²) in [5.41, 5.74) is 1.69. The topological polar surface area (TPSA) is 82.5 Å². The Balaban J connectivity index is 2.62. The lowest BCUT2D eigenvalue weighted by Gasteiger charge is -2.25. The summed E-state index contributed by atoms with van der Waals surface area (Å²) in [4.78, 5) is 28.8. The number of aryl methyl sites for hydroxylation is 1. The number of pyridine rings is 1. The van der Waals surface area contributed by atoms with Crippen molar-refractivity contribution < 1.29 is 14.7 Å². The number of amides is 2. The second-order valence-corrected chi connectivity index (χ2v) is 5.52. The lowest BCUT2D eigenvalue weighted by Crippen LogP contribution is -2.46. The van der Waals surface area contributed by atoms with E-state index in [1.54, 1.807) is 7.05 Å². The average molecular weight is 293 g/mol. The second-order valence-electron chi connectivity index (χ2n) is 5.52. The van der Waals surface area contributed by atoms with Crippen LogP contribution in [0.25, 0.3) is 0 Å². The summed E-state index contributed by atoms with van der Waals surface area (Å²) >= 11 is 0. The summed E-state index contributed by atoms with van der Waals surface area (Å²) < 4.78 is 0. The molecule has 0 radical (unpaired) electrons. The molecule has 0 fully saturated rings. The Kier molecular flexibility index (Phi) is 6.14. The molecule has 0 aliphatic carbocycles. The molecule has 1 aromatic heterocycles. The van der Waals surface area contributed by atoms with Crippen molar-refractivity contribution in [1.82, 2.24) is 15.2 Å². The average Bonchev–Trinajstić information content (AvgIpc) is 2.37. The number of carbonyl (C=O) groups excluding carboxylic acids is 1. The van der Waals surface area contributed by atoms with Gasteiger partial charge < -0.3 is 15.3 Å². The van der Waals surface area contributed by atoms with Gasteiger partial charge >= 0.3 is 12.0 Å². The fourth-order valence-electron chi connectivity index (χ4n) is 1.91. The van der Waals surface area contributed by atoms with Gasteiger partial charge in [0.25, 0.3) is 0 Å². The van der Waals surface area contributed by atoms with Crippen molar-refractivity contribution in [3.05, 3.63) is 29.6 Å². The molecule has 0 saturated carbocycles. The predicted molar refractivity (Wildman–Crippen MR) is 79.9 cm³/mol. The molecule has 0 aromatic carbocycles. The number of aromatic nitrogens is 1. The van der Waals surface area contributed by atoms with E-state index in [0.717, 1.165) is 11.4 Å². The highest BCUT2D eigenvalue weighted by Gasteiger charge is 2.21. The van der Waals surface area contributed by atoms with Gasteiger partial charge in [0, 0.05) is 18.8 Å². The van der Waals surface area contributed by atoms with Crippen LogP contribution in [-0.4, -0.2) is 40.1 Å². The third-order valence-electron chi connectivity index (χ3n) is 3.20. The normalized spacial score (nSPS) is 12.0. The zero-order valence-electron chi connectivity index (χ0n) is 13.0. The van der Waals surface area contributed by atoms with Crippen LogP contribution < -0.4 is 5.32 Å². The van der Waals surface area contributed by atoms with Gasteiger partial charge in [-0.3, -0.25) is 9.78 Å². The second kappa shape index (κ2) is 7.61. The fraction of sp³-hybridized carbons (Fsp3) is 0.533. The van der Waals surface area contributed by atoms with Crippen LogP contribution >= 0.6 is 0 Å². The number of nitrogens with one attached hydrogen (secondary N) is 1. The zero-order valence-corrected chi connectivity index (χ0v) is 13.0. The molecule has 116 valence electrons. The predicted octanol–water partition coefficient (Wildman–Crippen LogP) is 2.03. The first kappa shape index (κ1) is 16.9. The summed E-state index contributed by atoms with van der Waals surface area (Å²) in [6, 6.07) is 4.96. The highest BCUT2D eigenvalue weighted by atomic mass is 16.4. The molecule has 1 heterocycles. The molecule has 1 unspecified atom stereocenters. The molecular formula is C15H23N3O3. The van der Waals surface area contributed by atoms with Crippen molar-refractivity contribution in [2.45, 2.75) is 39.8 Å². The summed E-state index contributed by atoms with van der Waals surface area (Å²) in [5, 5.41) is 11.6. The molecule has 2 N–H and O–H groups in total. The van der Waals surface area contributed by atoms with Crippen molar-refractivity contribution in [2.75, 3.05) is 7.05 Å². The van der Waals surface area contributed by atoms with Gasteiger partial charge in [0.1, 0.15) is 0 Å². The van der Waals surface area contributed by atoms with Crippen LogP contribution in [-0.2, 0) is 11.3 Å². The highest BCUT2D eigenvalue weighted by molar-refractivity contribution is 5.75. The molecule has 0 aliphatic heterocycles. The lowest BCUT2D eigenvalue weighted by molar-refractivity contribution is -0.137. The zero-order chi connectivity index (χ0) is 16.0. The van der Waals surface area contributed by atoms with Crippen LogP contribution in [0.2, 0.25) is 0 Å². The fourth-order valence-corrected chi connectivity index (χ4v) is 1.91. The lowest BCUT2D eigenvalue weighted by atomic mass is 10.0. The van der Waals surface area contributed by atoms with Crippen LogP contribution in [0.3, 0.4) is 0 Å². The van der Waals surface area contributed by atoms with E-state index in [0.29, 0.717) is 6.54 Å². The van der Waals surface area contributed by atoms with E-state index < -0.39 is 5.97 Å². The van der Waals surface area contributed by atoms with Gasteiger partial charge in [-0.05, 0) is 25.0 Å². The van der Waals surface area contributed by atoms with Gasteiger partial charge in [-0.15, -0.1) is 0 Å². The number of carboxylic acid groups (broad SMARTS) is 1. The van der Waals surface area contributed by atoms with Crippen LogP contribution in [0.1, 0.15) is 31.7 Å². The summed E-state index contributed by atoms with van der Waals surface area (Å²) in [7, 11) is 1.66. The van der Waals surface area contributed by atoms with Gasteiger partial charge in [0.05, 0.1) is 18.7 Å². The van der Waals surface area contributed by atoms with E-state index in [2.05, 4.69) is 10.3 Å².